The van der Waals surface area contributed by atoms with Crippen molar-refractivity contribution in [2.45, 2.75) is 49.5 Å². The van der Waals surface area contributed by atoms with Gasteiger partial charge in [-0.05, 0) is 60.6 Å². The predicted octanol–water partition coefficient (Wildman–Crippen LogP) is 7.38. The summed E-state index contributed by atoms with van der Waals surface area (Å²) in [4.78, 5) is 2.03. The van der Waals surface area contributed by atoms with Crippen molar-refractivity contribution < 1.29 is 9.13 Å². The Morgan fingerprint density at radius 2 is 1.78 bits per heavy atom. The Hall–Kier alpha value is -1.72. The Bertz CT molecular complexity index is 730. The van der Waals surface area contributed by atoms with E-state index in [1.807, 2.05) is 41.8 Å². The molecule has 2 aromatic carbocycles. The van der Waals surface area contributed by atoms with Crippen LogP contribution >= 0.6 is 23.7 Å². The molecule has 0 saturated carbocycles. The van der Waals surface area contributed by atoms with Crippen LogP contribution in [0, 0.1) is 11.7 Å². The van der Waals surface area contributed by atoms with E-state index in [1.165, 1.54) is 35.8 Å². The van der Waals surface area contributed by atoms with E-state index in [0.717, 1.165) is 22.6 Å². The highest BCUT2D eigenvalue weighted by atomic mass is 32.2. The van der Waals surface area contributed by atoms with Gasteiger partial charge in [0.15, 0.2) is 0 Å². The smallest absolute Gasteiger partial charge is 0.221 e. The number of thioether (sulfide) groups is 1. The molecule has 0 amide bonds. The van der Waals surface area contributed by atoms with Gasteiger partial charge in [0, 0.05) is 27.8 Å². The number of rotatable bonds is 9. The lowest BCUT2D eigenvalue weighted by Crippen LogP contribution is -2.18. The molecule has 0 heterocycles. The summed E-state index contributed by atoms with van der Waals surface area (Å²) in [6.45, 7) is 6.52. The van der Waals surface area contributed by atoms with Crippen molar-refractivity contribution in [3.8, 4) is 0 Å². The second kappa shape index (κ2) is 11.9. The average Bonchev–Trinajstić information content (AvgIpc) is 2.67. The van der Waals surface area contributed by atoms with Crippen molar-refractivity contribution in [2.75, 3.05) is 0 Å². The van der Waals surface area contributed by atoms with Crippen LogP contribution in [0.2, 0.25) is 0 Å². The van der Waals surface area contributed by atoms with Crippen LogP contribution in [0.15, 0.2) is 80.3 Å². The Labute approximate surface area is 170 Å². The molecule has 0 fully saturated rings. The van der Waals surface area contributed by atoms with E-state index in [1.54, 1.807) is 12.1 Å². The normalized spacial score (nSPS) is 13.3. The minimum atomic E-state index is -0.229. The van der Waals surface area contributed by atoms with Gasteiger partial charge in [0.25, 0.3) is 0 Å². The molecule has 0 radical (unpaired) electrons. The molecule has 2 aromatic rings. The molecule has 0 aliphatic carbocycles. The number of benzene rings is 2. The van der Waals surface area contributed by atoms with Crippen LogP contribution < -0.4 is 0 Å². The molecule has 0 spiro atoms. The fourth-order valence-electron chi connectivity index (χ4n) is 2.35. The molecule has 1 unspecified atom stereocenters. The Morgan fingerprint density at radius 3 is 2.41 bits per heavy atom. The number of ether oxygens (including phenoxy) is 1. The van der Waals surface area contributed by atoms with E-state index in [9.17, 15) is 4.39 Å². The standard InChI is InChI=1S/C22H26FNOS2/c1-4-19(16-17(2)3)25-22(24-27-21-8-6-5-7-9-21)14-15-26-20-12-10-18(23)11-13-20/h5-15,17,19H,4,16H2,1-3H3/b15-14+,24-22-. The second-order valence-electron chi connectivity index (χ2n) is 6.49. The van der Waals surface area contributed by atoms with Gasteiger partial charge < -0.3 is 4.74 Å². The van der Waals surface area contributed by atoms with E-state index in [2.05, 4.69) is 25.2 Å². The monoisotopic (exact) mass is 403 g/mol. The van der Waals surface area contributed by atoms with Gasteiger partial charge >= 0.3 is 0 Å². The zero-order valence-corrected chi connectivity index (χ0v) is 17.6. The summed E-state index contributed by atoms with van der Waals surface area (Å²) in [7, 11) is 0. The van der Waals surface area contributed by atoms with Gasteiger partial charge in [-0.25, -0.2) is 4.39 Å². The predicted molar refractivity (Wildman–Crippen MR) is 116 cm³/mol. The molecule has 0 aliphatic heterocycles. The number of nitrogens with zero attached hydrogens (tertiary/aromatic N) is 1. The Kier molecular flexibility index (Phi) is 9.50. The van der Waals surface area contributed by atoms with Gasteiger partial charge in [0.1, 0.15) is 11.9 Å². The minimum absolute atomic E-state index is 0.139. The molecule has 2 rings (SSSR count). The summed E-state index contributed by atoms with van der Waals surface area (Å²) in [5.41, 5.74) is 0. The molecule has 1 atom stereocenters. The first-order chi connectivity index (χ1) is 13.1. The first kappa shape index (κ1) is 21.6. The molecule has 0 bridgehead atoms. The van der Waals surface area contributed by atoms with Crippen molar-refractivity contribution in [3.05, 3.63) is 71.9 Å². The maximum absolute atomic E-state index is 13.0. The third-order valence-corrected chi connectivity index (χ3v) is 5.26. The molecule has 0 saturated heterocycles. The third-order valence-electron chi connectivity index (χ3n) is 3.69. The molecule has 0 aliphatic rings. The Morgan fingerprint density at radius 1 is 1.07 bits per heavy atom. The molecule has 0 aromatic heterocycles. The van der Waals surface area contributed by atoms with Gasteiger partial charge in [0.2, 0.25) is 5.90 Å². The molecular weight excluding hydrogens is 377 g/mol. The molecule has 27 heavy (non-hydrogen) atoms. The van der Waals surface area contributed by atoms with Gasteiger partial charge in [-0.3, -0.25) is 0 Å². The van der Waals surface area contributed by atoms with Crippen LogP contribution in [-0.2, 0) is 4.74 Å². The summed E-state index contributed by atoms with van der Waals surface area (Å²) >= 11 is 2.91. The average molecular weight is 404 g/mol. The van der Waals surface area contributed by atoms with E-state index < -0.39 is 0 Å². The third kappa shape index (κ3) is 8.67. The summed E-state index contributed by atoms with van der Waals surface area (Å²) in [5.74, 6) is 0.939. The number of hydrogen-bond acceptors (Lipinski definition) is 4. The second-order valence-corrected chi connectivity index (χ2v) is 8.30. The van der Waals surface area contributed by atoms with Crippen molar-refractivity contribution in [1.29, 1.82) is 0 Å². The van der Waals surface area contributed by atoms with E-state index in [0.29, 0.717) is 11.8 Å². The lowest BCUT2D eigenvalue weighted by Gasteiger charge is -2.19. The van der Waals surface area contributed by atoms with Gasteiger partial charge in [-0.1, -0.05) is 50.7 Å². The van der Waals surface area contributed by atoms with Crippen molar-refractivity contribution >= 4 is 29.6 Å². The van der Waals surface area contributed by atoms with E-state index >= 15 is 0 Å². The van der Waals surface area contributed by atoms with E-state index in [4.69, 9.17) is 4.74 Å². The molecule has 144 valence electrons. The van der Waals surface area contributed by atoms with Gasteiger partial charge in [0.05, 0.1) is 0 Å². The maximum atomic E-state index is 13.0. The summed E-state index contributed by atoms with van der Waals surface area (Å²) < 4.78 is 23.8. The molecule has 2 nitrogen and oxygen atoms in total. The zero-order chi connectivity index (χ0) is 19.5. The zero-order valence-electron chi connectivity index (χ0n) is 16.0. The van der Waals surface area contributed by atoms with Crippen LogP contribution in [0.25, 0.3) is 0 Å². The van der Waals surface area contributed by atoms with Crippen LogP contribution in [0.5, 0.6) is 0 Å². The number of halogens is 1. The Balaban J connectivity index is 2.07. The SMILES string of the molecule is CCC(CC(C)C)OC(/C=C/Sc1ccc(F)cc1)=N\Sc1ccccc1. The lowest BCUT2D eigenvalue weighted by molar-refractivity contribution is 0.160. The van der Waals surface area contributed by atoms with Gasteiger partial charge in [-0.2, -0.15) is 4.40 Å². The molecule has 0 N–H and O–H groups in total. The first-order valence-corrected chi connectivity index (χ1v) is 10.8. The highest BCUT2D eigenvalue weighted by Gasteiger charge is 2.12. The largest absolute Gasteiger partial charge is 0.474 e. The maximum Gasteiger partial charge on any atom is 0.221 e. The summed E-state index contributed by atoms with van der Waals surface area (Å²) in [6.07, 6.45) is 3.95. The van der Waals surface area contributed by atoms with Crippen molar-refractivity contribution in [2.24, 2.45) is 10.3 Å². The fourth-order valence-corrected chi connectivity index (χ4v) is 3.56. The highest BCUT2D eigenvalue weighted by Crippen LogP contribution is 2.22. The first-order valence-electron chi connectivity index (χ1n) is 9.12. The van der Waals surface area contributed by atoms with Crippen LogP contribution in [0.1, 0.15) is 33.6 Å². The molecular formula is C22H26FNOS2. The van der Waals surface area contributed by atoms with Crippen LogP contribution in [0.3, 0.4) is 0 Å². The lowest BCUT2D eigenvalue weighted by atomic mass is 10.0. The quantitative estimate of drug-likeness (QED) is 0.189. The molecule has 5 heteroatoms. The number of hydrogen-bond donors (Lipinski definition) is 0. The summed E-state index contributed by atoms with van der Waals surface area (Å²) in [5, 5.41) is 1.93. The van der Waals surface area contributed by atoms with Gasteiger partial charge in [-0.15, -0.1) is 0 Å². The van der Waals surface area contributed by atoms with E-state index in [-0.39, 0.29) is 11.9 Å². The van der Waals surface area contributed by atoms with Crippen LogP contribution in [0.4, 0.5) is 4.39 Å². The highest BCUT2D eigenvalue weighted by molar-refractivity contribution is 8.02. The summed E-state index contributed by atoms with van der Waals surface area (Å²) in [6, 6.07) is 16.5. The topological polar surface area (TPSA) is 21.6 Å². The van der Waals surface area contributed by atoms with Crippen LogP contribution in [-0.4, -0.2) is 12.0 Å². The minimum Gasteiger partial charge on any atom is -0.474 e. The van der Waals surface area contributed by atoms with Crippen molar-refractivity contribution in [3.63, 3.8) is 0 Å². The van der Waals surface area contributed by atoms with Crippen molar-refractivity contribution in [1.82, 2.24) is 0 Å². The fraction of sp³-hybridized carbons (Fsp3) is 0.318.